The Morgan fingerprint density at radius 3 is 2.40 bits per heavy atom. The normalized spacial score (nSPS) is 11.6. The lowest BCUT2D eigenvalue weighted by molar-refractivity contribution is -0.122. The van der Waals surface area contributed by atoms with Crippen LogP contribution < -0.4 is 31.2 Å². The number of nitrogens with two attached hydrogens (primary N) is 2. The van der Waals surface area contributed by atoms with Crippen molar-refractivity contribution < 1.29 is 23.9 Å². The maximum Gasteiger partial charge on any atom is 0.273 e. The maximum absolute atomic E-state index is 14.4. The van der Waals surface area contributed by atoms with Crippen molar-refractivity contribution in [2.24, 2.45) is 5.73 Å². The van der Waals surface area contributed by atoms with Gasteiger partial charge in [-0.25, -0.2) is 0 Å². The standard InChI is InChI=1S/C30H28N6O5S/c1-40-18-13-11-17(12-14-18)15-34-29(38)26(20-16-33-21-8-4-3-7-19(20)21)36(22-9-5-6-10-23(22)41-2)30(39)27-24(31)25(28(32)37)35-42-27/h3-14,16,26,33H,15,31H2,1-2H3,(H2,32,37)(H,34,38)/t26-/m1/s1. The van der Waals surface area contributed by atoms with E-state index in [9.17, 15) is 14.4 Å². The second-order valence-electron chi connectivity index (χ2n) is 9.24. The van der Waals surface area contributed by atoms with Gasteiger partial charge in [0.05, 0.1) is 25.6 Å². The number of nitrogens with zero attached hydrogens (tertiary/aromatic N) is 2. The number of aromatic amines is 1. The summed E-state index contributed by atoms with van der Waals surface area (Å²) >= 11 is 0.734. The van der Waals surface area contributed by atoms with E-state index in [1.807, 2.05) is 36.4 Å². The predicted octanol–water partition coefficient (Wildman–Crippen LogP) is 4.03. The number of hydrogen-bond donors (Lipinski definition) is 4. The molecule has 0 aliphatic rings. The molecular formula is C30H28N6O5S. The fraction of sp³-hybridized carbons (Fsp3) is 0.133. The van der Waals surface area contributed by atoms with Gasteiger partial charge in [0, 0.05) is 29.2 Å². The Kier molecular flexibility index (Phi) is 8.07. The molecule has 3 amide bonds. The molecule has 42 heavy (non-hydrogen) atoms. The van der Waals surface area contributed by atoms with Crippen LogP contribution in [-0.2, 0) is 11.3 Å². The zero-order chi connectivity index (χ0) is 29.8. The topological polar surface area (TPSA) is 166 Å². The summed E-state index contributed by atoms with van der Waals surface area (Å²) in [7, 11) is 3.05. The van der Waals surface area contributed by atoms with E-state index in [-0.39, 0.29) is 22.8 Å². The molecule has 0 radical (unpaired) electrons. The van der Waals surface area contributed by atoms with Gasteiger partial charge in [0.15, 0.2) is 5.69 Å². The Labute approximate surface area is 245 Å². The molecule has 0 spiro atoms. The summed E-state index contributed by atoms with van der Waals surface area (Å²) in [6.07, 6.45) is 1.70. The van der Waals surface area contributed by atoms with Crippen molar-refractivity contribution in [1.29, 1.82) is 0 Å². The van der Waals surface area contributed by atoms with Crippen molar-refractivity contribution in [3.05, 3.63) is 101 Å². The van der Waals surface area contributed by atoms with Crippen LogP contribution in [-0.4, -0.2) is 41.3 Å². The van der Waals surface area contributed by atoms with Crippen molar-refractivity contribution in [3.63, 3.8) is 0 Å². The van der Waals surface area contributed by atoms with Crippen LogP contribution in [0.2, 0.25) is 0 Å². The highest BCUT2D eigenvalue weighted by Crippen LogP contribution is 2.39. The largest absolute Gasteiger partial charge is 0.497 e. The third-order valence-corrected chi connectivity index (χ3v) is 7.62. The van der Waals surface area contributed by atoms with Gasteiger partial charge in [0.2, 0.25) is 5.91 Å². The fourth-order valence-electron chi connectivity index (χ4n) is 4.68. The number of hydrogen-bond acceptors (Lipinski definition) is 8. The number of rotatable bonds is 10. The lowest BCUT2D eigenvalue weighted by Gasteiger charge is -2.32. The molecule has 1 atom stereocenters. The average molecular weight is 585 g/mol. The summed E-state index contributed by atoms with van der Waals surface area (Å²) in [5, 5.41) is 3.72. The number of carbonyl (C=O) groups is 3. The molecule has 0 fully saturated rings. The van der Waals surface area contributed by atoms with Gasteiger partial charge in [-0.2, -0.15) is 4.37 Å². The molecule has 11 nitrogen and oxygen atoms in total. The minimum atomic E-state index is -1.19. The lowest BCUT2D eigenvalue weighted by atomic mass is 10.0. The number of primary amides is 1. The second-order valence-corrected chi connectivity index (χ2v) is 10.0. The fourth-order valence-corrected chi connectivity index (χ4v) is 5.42. The van der Waals surface area contributed by atoms with Crippen LogP contribution in [0.1, 0.15) is 37.3 Å². The van der Waals surface area contributed by atoms with Crippen LogP contribution in [0.15, 0.2) is 79.0 Å². The Hall–Kier alpha value is -5.36. The quantitative estimate of drug-likeness (QED) is 0.192. The number of benzene rings is 3. The highest BCUT2D eigenvalue weighted by molar-refractivity contribution is 7.09. The number of methoxy groups -OCH3 is 2. The Morgan fingerprint density at radius 2 is 1.71 bits per heavy atom. The number of amides is 3. The minimum Gasteiger partial charge on any atom is -0.497 e. The van der Waals surface area contributed by atoms with Crippen LogP contribution in [0.3, 0.4) is 0 Å². The van der Waals surface area contributed by atoms with E-state index >= 15 is 0 Å². The van der Waals surface area contributed by atoms with Crippen LogP contribution in [0, 0.1) is 0 Å². The summed E-state index contributed by atoms with van der Waals surface area (Å²) in [6, 6.07) is 20.4. The van der Waals surface area contributed by atoms with Gasteiger partial charge in [-0.05, 0) is 47.4 Å². The van der Waals surface area contributed by atoms with Gasteiger partial charge in [-0.3, -0.25) is 19.3 Å². The molecule has 12 heteroatoms. The average Bonchev–Trinajstić information content (AvgIpc) is 3.62. The second kappa shape index (κ2) is 12.0. The molecule has 5 aromatic rings. The van der Waals surface area contributed by atoms with E-state index in [4.69, 9.17) is 20.9 Å². The molecule has 0 saturated carbocycles. The SMILES string of the molecule is COc1ccc(CNC(=O)[C@@H](c2c[nH]c3ccccc23)N(C(=O)c2snc(C(N)=O)c2N)c2ccccc2OC)cc1. The van der Waals surface area contributed by atoms with Crippen molar-refractivity contribution in [2.75, 3.05) is 24.9 Å². The van der Waals surface area contributed by atoms with Gasteiger partial charge >= 0.3 is 0 Å². The number of carbonyl (C=O) groups excluding carboxylic acids is 3. The first-order chi connectivity index (χ1) is 20.3. The molecule has 0 aliphatic carbocycles. The highest BCUT2D eigenvalue weighted by Gasteiger charge is 2.38. The van der Waals surface area contributed by atoms with E-state index < -0.39 is 23.8 Å². The monoisotopic (exact) mass is 584 g/mol. The molecule has 0 aliphatic heterocycles. The third kappa shape index (κ3) is 5.34. The Bertz CT molecular complexity index is 1760. The summed E-state index contributed by atoms with van der Waals surface area (Å²) in [6.45, 7) is 0.185. The molecule has 2 aromatic heterocycles. The van der Waals surface area contributed by atoms with E-state index in [2.05, 4.69) is 14.7 Å². The minimum absolute atomic E-state index is 0.0394. The molecule has 0 bridgehead atoms. The molecule has 214 valence electrons. The van der Waals surface area contributed by atoms with E-state index in [1.165, 1.54) is 12.0 Å². The number of fused-ring (bicyclic) bond motifs is 1. The summed E-state index contributed by atoms with van der Waals surface area (Å²) in [5.41, 5.74) is 13.7. The predicted molar refractivity (Wildman–Crippen MR) is 161 cm³/mol. The number of anilines is 2. The molecular weight excluding hydrogens is 556 g/mol. The summed E-state index contributed by atoms with van der Waals surface area (Å²) in [4.78, 5) is 45.0. The molecule has 3 aromatic carbocycles. The van der Waals surface area contributed by atoms with Crippen molar-refractivity contribution in [3.8, 4) is 11.5 Å². The maximum atomic E-state index is 14.4. The number of H-pyrrole nitrogens is 1. The lowest BCUT2D eigenvalue weighted by Crippen LogP contribution is -2.44. The molecule has 0 saturated heterocycles. The van der Waals surface area contributed by atoms with Gasteiger partial charge in [0.25, 0.3) is 11.8 Å². The van der Waals surface area contributed by atoms with Gasteiger partial charge < -0.3 is 31.2 Å². The number of nitrogens with one attached hydrogen (secondary N) is 2. The Balaban J connectivity index is 1.66. The van der Waals surface area contributed by atoms with Crippen LogP contribution >= 0.6 is 11.5 Å². The zero-order valence-corrected chi connectivity index (χ0v) is 23.6. The van der Waals surface area contributed by atoms with Crippen molar-refractivity contribution >= 4 is 51.5 Å². The number of nitrogen functional groups attached to an aromatic ring is 1. The molecule has 2 heterocycles. The van der Waals surface area contributed by atoms with Gasteiger partial charge in [-0.1, -0.05) is 42.5 Å². The van der Waals surface area contributed by atoms with Crippen molar-refractivity contribution in [1.82, 2.24) is 14.7 Å². The molecule has 0 unspecified atom stereocenters. The number of para-hydroxylation sites is 3. The van der Waals surface area contributed by atoms with Gasteiger partial charge in [0.1, 0.15) is 22.4 Å². The first kappa shape index (κ1) is 28.2. The summed E-state index contributed by atoms with van der Waals surface area (Å²) in [5.74, 6) is -0.953. The number of ether oxygens (including phenoxy) is 2. The van der Waals surface area contributed by atoms with Crippen molar-refractivity contribution in [2.45, 2.75) is 12.6 Å². The molecule has 6 N–H and O–H groups in total. The van der Waals surface area contributed by atoms with Crippen LogP contribution in [0.5, 0.6) is 11.5 Å². The van der Waals surface area contributed by atoms with Crippen LogP contribution in [0.25, 0.3) is 10.9 Å². The highest BCUT2D eigenvalue weighted by atomic mass is 32.1. The first-order valence-electron chi connectivity index (χ1n) is 12.8. The molecule has 5 rings (SSSR count). The van der Waals surface area contributed by atoms with Crippen LogP contribution in [0.4, 0.5) is 11.4 Å². The van der Waals surface area contributed by atoms with E-state index in [0.29, 0.717) is 22.7 Å². The number of aromatic nitrogens is 2. The van der Waals surface area contributed by atoms with Gasteiger partial charge in [-0.15, -0.1) is 0 Å². The third-order valence-electron chi connectivity index (χ3n) is 6.77. The van der Waals surface area contributed by atoms with E-state index in [0.717, 1.165) is 28.0 Å². The first-order valence-corrected chi connectivity index (χ1v) is 13.6. The Morgan fingerprint density at radius 1 is 1.00 bits per heavy atom. The zero-order valence-electron chi connectivity index (χ0n) is 22.8. The van der Waals surface area contributed by atoms with E-state index in [1.54, 1.807) is 49.7 Å². The summed E-state index contributed by atoms with van der Waals surface area (Å²) < 4.78 is 14.8. The smallest absolute Gasteiger partial charge is 0.273 e.